The Hall–Kier alpha value is -2.78. The topological polar surface area (TPSA) is 128 Å². The molecule has 0 aliphatic carbocycles. The maximum Gasteiger partial charge on any atom is 0.294 e. The van der Waals surface area contributed by atoms with Gasteiger partial charge in [0.2, 0.25) is 0 Å². The molecule has 0 fully saturated rings. The van der Waals surface area contributed by atoms with Crippen LogP contribution in [0, 0.1) is 0 Å². The number of anilines is 2. The van der Waals surface area contributed by atoms with Gasteiger partial charge in [0.1, 0.15) is 11.5 Å². The third-order valence-corrected chi connectivity index (χ3v) is 4.20. The molecule has 0 radical (unpaired) electrons. The molecular formula is C17H20N2O6S. The summed E-state index contributed by atoms with van der Waals surface area (Å²) in [6.45, 7) is 4.33. The van der Waals surface area contributed by atoms with Gasteiger partial charge in [0.05, 0.1) is 29.5 Å². The van der Waals surface area contributed by atoms with Crippen LogP contribution in [0.5, 0.6) is 11.5 Å². The fourth-order valence-electron chi connectivity index (χ4n) is 2.22. The molecule has 0 aliphatic rings. The largest absolute Gasteiger partial charge is 0.492 e. The first kappa shape index (κ1) is 19.5. The minimum Gasteiger partial charge on any atom is -0.492 e. The Kier molecular flexibility index (Phi) is 6.06. The smallest absolute Gasteiger partial charge is 0.294 e. The van der Waals surface area contributed by atoms with Crippen LogP contribution in [-0.4, -0.2) is 32.1 Å². The normalized spacial score (nSPS) is 11.0. The number of nitrogen functional groups attached to an aromatic ring is 1. The lowest BCUT2D eigenvalue weighted by Gasteiger charge is -2.15. The molecule has 26 heavy (non-hydrogen) atoms. The quantitative estimate of drug-likeness (QED) is 0.497. The van der Waals surface area contributed by atoms with Crippen molar-refractivity contribution in [1.29, 1.82) is 0 Å². The van der Waals surface area contributed by atoms with Gasteiger partial charge in [-0.05, 0) is 32.0 Å². The Bertz CT molecular complexity index is 911. The van der Waals surface area contributed by atoms with Crippen LogP contribution in [0.3, 0.4) is 0 Å². The van der Waals surface area contributed by atoms with Gasteiger partial charge >= 0.3 is 0 Å². The van der Waals surface area contributed by atoms with Crippen LogP contribution < -0.4 is 20.5 Å². The van der Waals surface area contributed by atoms with Crippen molar-refractivity contribution in [2.75, 3.05) is 24.3 Å². The number of amides is 1. The summed E-state index contributed by atoms with van der Waals surface area (Å²) in [7, 11) is -4.41. The third kappa shape index (κ3) is 4.64. The van der Waals surface area contributed by atoms with Crippen LogP contribution in [0.2, 0.25) is 0 Å². The van der Waals surface area contributed by atoms with Gasteiger partial charge in [0, 0.05) is 17.7 Å². The van der Waals surface area contributed by atoms with E-state index in [1.807, 2.05) is 0 Å². The molecule has 2 aromatic carbocycles. The summed E-state index contributed by atoms with van der Waals surface area (Å²) >= 11 is 0. The second-order valence-corrected chi connectivity index (χ2v) is 6.63. The average Bonchev–Trinajstić information content (AvgIpc) is 2.58. The highest BCUT2D eigenvalue weighted by molar-refractivity contribution is 7.85. The van der Waals surface area contributed by atoms with E-state index in [0.717, 1.165) is 6.07 Å². The van der Waals surface area contributed by atoms with Crippen molar-refractivity contribution < 1.29 is 27.2 Å². The van der Waals surface area contributed by atoms with Crippen LogP contribution in [0.15, 0.2) is 41.3 Å². The maximum absolute atomic E-state index is 12.5. The highest BCUT2D eigenvalue weighted by Gasteiger charge is 2.16. The van der Waals surface area contributed by atoms with Crippen molar-refractivity contribution in [1.82, 2.24) is 0 Å². The molecule has 2 aromatic rings. The standard InChI is InChI=1S/C17H20N2O6S/c1-3-24-15-10-14(16(25-4-2)9-13(15)18)19-17(20)11-6-5-7-12(8-11)26(21,22)23/h5-10H,3-4,18H2,1-2H3,(H,19,20)(H,21,22,23). The SMILES string of the molecule is CCOc1cc(NC(=O)c2cccc(S(=O)(=O)O)c2)c(OCC)cc1N. The van der Waals surface area contributed by atoms with E-state index < -0.39 is 16.0 Å². The van der Waals surface area contributed by atoms with E-state index in [0.29, 0.717) is 36.1 Å². The predicted octanol–water partition coefficient (Wildman–Crippen LogP) is 2.57. The Morgan fingerprint density at radius 2 is 1.77 bits per heavy atom. The van der Waals surface area contributed by atoms with Gasteiger partial charge in [0.25, 0.3) is 16.0 Å². The Labute approximate surface area is 151 Å². The van der Waals surface area contributed by atoms with E-state index in [9.17, 15) is 13.2 Å². The minimum atomic E-state index is -4.41. The molecule has 4 N–H and O–H groups in total. The summed E-state index contributed by atoms with van der Waals surface area (Å²) < 4.78 is 42.5. The van der Waals surface area contributed by atoms with Crippen molar-refractivity contribution in [2.45, 2.75) is 18.7 Å². The first-order valence-electron chi connectivity index (χ1n) is 7.84. The lowest BCUT2D eigenvalue weighted by atomic mass is 10.2. The number of nitrogens with two attached hydrogens (primary N) is 1. The van der Waals surface area contributed by atoms with Gasteiger partial charge in [0.15, 0.2) is 0 Å². The summed E-state index contributed by atoms with van der Waals surface area (Å²) in [6, 6.07) is 8.12. The molecule has 0 heterocycles. The summed E-state index contributed by atoms with van der Waals surface area (Å²) in [5.74, 6) is 0.161. The van der Waals surface area contributed by atoms with Gasteiger partial charge in [-0.1, -0.05) is 6.07 Å². The van der Waals surface area contributed by atoms with Crippen LogP contribution in [-0.2, 0) is 10.1 Å². The molecule has 8 nitrogen and oxygen atoms in total. The van der Waals surface area contributed by atoms with E-state index >= 15 is 0 Å². The number of rotatable bonds is 7. The van der Waals surface area contributed by atoms with Crippen molar-refractivity contribution in [3.05, 3.63) is 42.0 Å². The maximum atomic E-state index is 12.5. The lowest BCUT2D eigenvalue weighted by molar-refractivity contribution is 0.102. The predicted molar refractivity (Wildman–Crippen MR) is 97.4 cm³/mol. The first-order valence-corrected chi connectivity index (χ1v) is 9.28. The van der Waals surface area contributed by atoms with Gasteiger partial charge in [-0.2, -0.15) is 8.42 Å². The number of carbonyl (C=O) groups excluding carboxylic acids is 1. The Morgan fingerprint density at radius 1 is 1.12 bits per heavy atom. The van der Waals surface area contributed by atoms with E-state index in [1.165, 1.54) is 24.3 Å². The van der Waals surface area contributed by atoms with Gasteiger partial charge < -0.3 is 20.5 Å². The summed E-state index contributed by atoms with van der Waals surface area (Å²) in [5.41, 5.74) is 6.65. The van der Waals surface area contributed by atoms with Gasteiger partial charge in [-0.15, -0.1) is 0 Å². The Balaban J connectivity index is 2.37. The number of hydrogen-bond donors (Lipinski definition) is 3. The highest BCUT2D eigenvalue weighted by Crippen LogP contribution is 2.35. The molecule has 140 valence electrons. The lowest BCUT2D eigenvalue weighted by Crippen LogP contribution is -2.14. The molecule has 9 heteroatoms. The van der Waals surface area contributed by atoms with Gasteiger partial charge in [-0.3, -0.25) is 9.35 Å². The molecule has 0 aliphatic heterocycles. The van der Waals surface area contributed by atoms with Crippen LogP contribution in [0.4, 0.5) is 11.4 Å². The monoisotopic (exact) mass is 380 g/mol. The zero-order valence-electron chi connectivity index (χ0n) is 14.4. The van der Waals surface area contributed by atoms with Crippen molar-refractivity contribution in [3.63, 3.8) is 0 Å². The van der Waals surface area contributed by atoms with Crippen LogP contribution >= 0.6 is 0 Å². The summed E-state index contributed by atoms with van der Waals surface area (Å²) in [5, 5.41) is 2.64. The molecule has 0 unspecified atom stereocenters. The second-order valence-electron chi connectivity index (χ2n) is 5.21. The third-order valence-electron chi connectivity index (χ3n) is 3.35. The second kappa shape index (κ2) is 8.07. The fourth-order valence-corrected chi connectivity index (χ4v) is 2.75. The molecule has 0 spiro atoms. The van der Waals surface area contributed by atoms with Gasteiger partial charge in [-0.25, -0.2) is 0 Å². The number of ether oxygens (including phenoxy) is 2. The van der Waals surface area contributed by atoms with E-state index in [-0.39, 0.29) is 10.5 Å². The van der Waals surface area contributed by atoms with Crippen molar-refractivity contribution >= 4 is 27.4 Å². The Morgan fingerprint density at radius 3 is 2.38 bits per heavy atom. The first-order chi connectivity index (χ1) is 12.3. The zero-order valence-corrected chi connectivity index (χ0v) is 15.2. The fraction of sp³-hybridized carbons (Fsp3) is 0.235. The molecule has 0 atom stereocenters. The zero-order chi connectivity index (χ0) is 19.3. The molecule has 0 saturated heterocycles. The van der Waals surface area contributed by atoms with Crippen LogP contribution in [0.25, 0.3) is 0 Å². The highest BCUT2D eigenvalue weighted by atomic mass is 32.2. The molecule has 1 amide bonds. The average molecular weight is 380 g/mol. The summed E-state index contributed by atoms with van der Waals surface area (Å²) in [6.07, 6.45) is 0. The summed E-state index contributed by atoms with van der Waals surface area (Å²) in [4.78, 5) is 12.1. The minimum absolute atomic E-state index is 0.0531. The molecular weight excluding hydrogens is 360 g/mol. The number of carbonyl (C=O) groups is 1. The molecule has 0 saturated carbocycles. The van der Waals surface area contributed by atoms with E-state index in [4.69, 9.17) is 19.8 Å². The number of nitrogens with one attached hydrogen (secondary N) is 1. The van der Waals surface area contributed by atoms with Crippen LogP contribution in [0.1, 0.15) is 24.2 Å². The molecule has 2 rings (SSSR count). The van der Waals surface area contributed by atoms with E-state index in [1.54, 1.807) is 19.9 Å². The van der Waals surface area contributed by atoms with Crippen molar-refractivity contribution in [3.8, 4) is 11.5 Å². The number of hydrogen-bond acceptors (Lipinski definition) is 6. The number of benzene rings is 2. The molecule has 0 aromatic heterocycles. The van der Waals surface area contributed by atoms with E-state index in [2.05, 4.69) is 5.32 Å². The molecule has 0 bridgehead atoms. The van der Waals surface area contributed by atoms with Crippen molar-refractivity contribution in [2.24, 2.45) is 0 Å².